The van der Waals surface area contributed by atoms with Gasteiger partial charge in [0.2, 0.25) is 0 Å². The average Bonchev–Trinajstić information content (AvgIpc) is 2.41. The molecule has 2 aromatic carbocycles. The standard InChI is InChI=1S/C14H14NO2S/c16-18(17,14-9-5-2-6-10-14)12-15-11-13-7-3-1-4-8-13/h1-10,12,15H,11H2. The van der Waals surface area contributed by atoms with Crippen molar-refractivity contribution < 1.29 is 8.42 Å². The van der Waals surface area contributed by atoms with Crippen molar-refractivity contribution in [3.63, 3.8) is 0 Å². The Labute approximate surface area is 107 Å². The molecule has 4 heteroatoms. The Hall–Kier alpha value is -1.65. The van der Waals surface area contributed by atoms with E-state index in [9.17, 15) is 8.42 Å². The van der Waals surface area contributed by atoms with Crippen molar-refractivity contribution in [1.82, 2.24) is 5.32 Å². The van der Waals surface area contributed by atoms with E-state index < -0.39 is 9.84 Å². The zero-order valence-corrected chi connectivity index (χ0v) is 10.6. The summed E-state index contributed by atoms with van der Waals surface area (Å²) in [5.74, 6) is 1.15. The van der Waals surface area contributed by atoms with Gasteiger partial charge in [-0.25, -0.2) is 8.42 Å². The fourth-order valence-electron chi connectivity index (χ4n) is 1.54. The van der Waals surface area contributed by atoms with Gasteiger partial charge in [-0.15, -0.1) is 0 Å². The Morgan fingerprint density at radius 1 is 0.889 bits per heavy atom. The first-order valence-electron chi connectivity index (χ1n) is 5.59. The van der Waals surface area contributed by atoms with Gasteiger partial charge in [-0.3, -0.25) is 5.32 Å². The number of benzene rings is 2. The molecule has 0 aromatic heterocycles. The monoisotopic (exact) mass is 260 g/mol. The SMILES string of the molecule is O=S(=O)([CH]NCc1ccccc1)c1ccccc1. The minimum absolute atomic E-state index is 0.297. The van der Waals surface area contributed by atoms with Gasteiger partial charge < -0.3 is 0 Å². The zero-order valence-electron chi connectivity index (χ0n) is 9.78. The predicted molar refractivity (Wildman–Crippen MR) is 71.2 cm³/mol. The zero-order chi connectivity index (χ0) is 12.8. The van der Waals surface area contributed by atoms with Gasteiger partial charge in [0.1, 0.15) is 5.88 Å². The van der Waals surface area contributed by atoms with Crippen LogP contribution in [0.15, 0.2) is 65.6 Å². The van der Waals surface area contributed by atoms with Crippen LogP contribution < -0.4 is 5.32 Å². The lowest BCUT2D eigenvalue weighted by atomic mass is 10.2. The van der Waals surface area contributed by atoms with Crippen molar-refractivity contribution in [2.45, 2.75) is 11.4 Å². The summed E-state index contributed by atoms with van der Waals surface area (Å²) >= 11 is 0. The van der Waals surface area contributed by atoms with Crippen molar-refractivity contribution in [2.24, 2.45) is 0 Å². The molecule has 0 aliphatic carbocycles. The van der Waals surface area contributed by atoms with Crippen LogP contribution in [0.5, 0.6) is 0 Å². The van der Waals surface area contributed by atoms with E-state index in [1.165, 1.54) is 0 Å². The average molecular weight is 260 g/mol. The number of sulfone groups is 1. The maximum absolute atomic E-state index is 11.9. The number of nitrogens with one attached hydrogen (secondary N) is 1. The summed E-state index contributed by atoms with van der Waals surface area (Å²) in [4.78, 5) is 0.297. The van der Waals surface area contributed by atoms with E-state index in [4.69, 9.17) is 0 Å². The molecule has 2 aromatic rings. The number of rotatable bonds is 5. The fourth-order valence-corrected chi connectivity index (χ4v) is 2.52. The van der Waals surface area contributed by atoms with E-state index in [1.54, 1.807) is 30.3 Å². The molecule has 1 N–H and O–H groups in total. The Balaban J connectivity index is 1.95. The van der Waals surface area contributed by atoms with E-state index in [1.807, 2.05) is 30.3 Å². The summed E-state index contributed by atoms with van der Waals surface area (Å²) < 4.78 is 23.8. The predicted octanol–water partition coefficient (Wildman–Crippen LogP) is 2.37. The Morgan fingerprint density at radius 2 is 1.44 bits per heavy atom. The molecule has 93 valence electrons. The highest BCUT2D eigenvalue weighted by atomic mass is 32.2. The summed E-state index contributed by atoms with van der Waals surface area (Å²) in [7, 11) is -3.37. The highest BCUT2D eigenvalue weighted by molar-refractivity contribution is 7.93. The van der Waals surface area contributed by atoms with Gasteiger partial charge in [0.15, 0.2) is 9.84 Å². The molecule has 0 unspecified atom stereocenters. The van der Waals surface area contributed by atoms with Crippen molar-refractivity contribution in [3.05, 3.63) is 72.1 Å². The van der Waals surface area contributed by atoms with E-state index in [0.29, 0.717) is 11.4 Å². The van der Waals surface area contributed by atoms with Crippen LogP contribution in [0.1, 0.15) is 5.56 Å². The third-order valence-electron chi connectivity index (χ3n) is 2.46. The van der Waals surface area contributed by atoms with Crippen LogP contribution in [0.2, 0.25) is 0 Å². The minimum atomic E-state index is -3.37. The summed E-state index contributed by atoms with van der Waals surface area (Å²) in [6.45, 7) is 0.493. The molecule has 18 heavy (non-hydrogen) atoms. The van der Waals surface area contributed by atoms with Gasteiger partial charge in [-0.1, -0.05) is 48.5 Å². The lowest BCUT2D eigenvalue weighted by molar-refractivity contribution is 0.596. The Morgan fingerprint density at radius 3 is 2.06 bits per heavy atom. The second-order valence-corrected chi connectivity index (χ2v) is 5.64. The largest absolute Gasteiger partial charge is 0.295 e. The second kappa shape index (κ2) is 5.80. The molecule has 3 nitrogen and oxygen atoms in total. The molecule has 2 rings (SSSR count). The van der Waals surface area contributed by atoms with E-state index in [2.05, 4.69) is 5.32 Å². The summed E-state index contributed by atoms with van der Waals surface area (Å²) in [5.41, 5.74) is 1.04. The summed E-state index contributed by atoms with van der Waals surface area (Å²) in [5, 5.41) is 2.83. The topological polar surface area (TPSA) is 46.2 Å². The van der Waals surface area contributed by atoms with E-state index in [-0.39, 0.29) is 0 Å². The fraction of sp³-hybridized carbons (Fsp3) is 0.0714. The van der Waals surface area contributed by atoms with Crippen LogP contribution in [0, 0.1) is 5.88 Å². The quantitative estimate of drug-likeness (QED) is 0.897. The molecule has 0 bridgehead atoms. The van der Waals surface area contributed by atoms with Crippen LogP contribution in [-0.4, -0.2) is 8.42 Å². The maximum atomic E-state index is 11.9. The molecular formula is C14H14NO2S. The van der Waals surface area contributed by atoms with Crippen molar-refractivity contribution in [1.29, 1.82) is 0 Å². The first-order valence-corrected chi connectivity index (χ1v) is 7.14. The molecular weight excluding hydrogens is 246 g/mol. The lowest BCUT2D eigenvalue weighted by Crippen LogP contribution is -2.17. The minimum Gasteiger partial charge on any atom is -0.295 e. The molecule has 1 radical (unpaired) electrons. The smallest absolute Gasteiger partial charge is 0.196 e. The van der Waals surface area contributed by atoms with Crippen LogP contribution >= 0.6 is 0 Å². The number of hydrogen-bond acceptors (Lipinski definition) is 3. The molecule has 0 saturated carbocycles. The van der Waals surface area contributed by atoms with E-state index >= 15 is 0 Å². The second-order valence-electron chi connectivity index (χ2n) is 3.84. The molecule has 0 heterocycles. The molecule has 0 atom stereocenters. The Bertz CT molecular complexity index is 580. The normalized spacial score (nSPS) is 11.3. The lowest BCUT2D eigenvalue weighted by Gasteiger charge is -2.05. The molecule has 0 amide bonds. The third kappa shape index (κ3) is 3.42. The van der Waals surface area contributed by atoms with Gasteiger partial charge in [0.25, 0.3) is 0 Å². The van der Waals surface area contributed by atoms with Crippen LogP contribution in [0.4, 0.5) is 0 Å². The first-order chi connectivity index (χ1) is 8.68. The van der Waals surface area contributed by atoms with Gasteiger partial charge in [-0.2, -0.15) is 0 Å². The third-order valence-corrected chi connectivity index (χ3v) is 3.87. The van der Waals surface area contributed by atoms with Crippen molar-refractivity contribution >= 4 is 9.84 Å². The number of hydrogen-bond donors (Lipinski definition) is 1. The highest BCUT2D eigenvalue weighted by Gasteiger charge is 2.13. The maximum Gasteiger partial charge on any atom is 0.196 e. The van der Waals surface area contributed by atoms with Crippen molar-refractivity contribution in [3.8, 4) is 0 Å². The molecule has 0 aliphatic rings. The van der Waals surface area contributed by atoms with Crippen LogP contribution in [0.25, 0.3) is 0 Å². The molecule has 0 fully saturated rings. The first kappa shape index (κ1) is 12.8. The molecule has 0 aliphatic heterocycles. The van der Waals surface area contributed by atoms with Crippen LogP contribution in [0.3, 0.4) is 0 Å². The van der Waals surface area contributed by atoms with Gasteiger partial charge in [-0.05, 0) is 17.7 Å². The van der Waals surface area contributed by atoms with Crippen LogP contribution in [-0.2, 0) is 16.4 Å². The van der Waals surface area contributed by atoms with Gasteiger partial charge in [0.05, 0.1) is 4.90 Å². The summed E-state index contributed by atoms with van der Waals surface area (Å²) in [6, 6.07) is 18.0. The summed E-state index contributed by atoms with van der Waals surface area (Å²) in [6.07, 6.45) is 0. The Kier molecular flexibility index (Phi) is 4.12. The highest BCUT2D eigenvalue weighted by Crippen LogP contribution is 2.11. The molecule has 0 spiro atoms. The molecule has 0 saturated heterocycles. The van der Waals surface area contributed by atoms with Crippen molar-refractivity contribution in [2.75, 3.05) is 0 Å². The van der Waals surface area contributed by atoms with Gasteiger partial charge in [0, 0.05) is 6.54 Å². The van der Waals surface area contributed by atoms with Gasteiger partial charge >= 0.3 is 0 Å². The van der Waals surface area contributed by atoms with E-state index in [0.717, 1.165) is 11.4 Å².